The quantitative estimate of drug-likeness (QED) is 0.693. The zero-order chi connectivity index (χ0) is 14.7. The summed E-state index contributed by atoms with van der Waals surface area (Å²) in [5.74, 6) is -0.335. The number of hydrogen-bond acceptors (Lipinski definition) is 4. The number of carbonyl (C=O) groups excluding carboxylic acids is 1. The second-order valence-electron chi connectivity index (χ2n) is 4.38. The van der Waals surface area contributed by atoms with Crippen molar-refractivity contribution in [2.75, 3.05) is 11.6 Å². The van der Waals surface area contributed by atoms with Crippen LogP contribution >= 0.6 is 23.4 Å². The molecule has 20 heavy (non-hydrogen) atoms. The molecule has 0 aliphatic heterocycles. The van der Waals surface area contributed by atoms with Crippen molar-refractivity contribution in [2.24, 2.45) is 0 Å². The number of hydrogen-bond donors (Lipinski definition) is 1. The third-order valence-electron chi connectivity index (χ3n) is 2.60. The molecule has 0 radical (unpaired) electrons. The van der Waals surface area contributed by atoms with E-state index >= 15 is 0 Å². The zero-order valence-corrected chi connectivity index (χ0v) is 13.0. The highest BCUT2D eigenvalue weighted by atomic mass is 35.5. The molecule has 0 saturated carbocycles. The van der Waals surface area contributed by atoms with Crippen molar-refractivity contribution in [3.8, 4) is 0 Å². The molecule has 0 unspecified atom stereocenters. The summed E-state index contributed by atoms with van der Waals surface area (Å²) in [6, 6.07) is 5.84. The third-order valence-corrected chi connectivity index (χ3v) is 3.44. The SMILES string of the molecule is CSc1ncc(Cl)c(C(=O)Nc2cc(C)cc(C)c2)n1. The van der Waals surface area contributed by atoms with Crippen molar-refractivity contribution in [3.63, 3.8) is 0 Å². The van der Waals surface area contributed by atoms with Gasteiger partial charge in [-0.3, -0.25) is 4.79 Å². The Morgan fingerprint density at radius 2 is 1.90 bits per heavy atom. The minimum atomic E-state index is -0.335. The molecule has 2 rings (SSSR count). The molecule has 1 N–H and O–H groups in total. The first-order chi connectivity index (χ1) is 9.49. The number of thioether (sulfide) groups is 1. The Balaban J connectivity index is 2.27. The minimum absolute atomic E-state index is 0.185. The number of carbonyl (C=O) groups is 1. The van der Waals surface area contributed by atoms with Crippen LogP contribution in [-0.2, 0) is 0 Å². The first kappa shape index (κ1) is 14.8. The van der Waals surface area contributed by atoms with Crippen LogP contribution in [0.1, 0.15) is 21.6 Å². The second-order valence-corrected chi connectivity index (χ2v) is 5.56. The van der Waals surface area contributed by atoms with Gasteiger partial charge in [0.2, 0.25) is 0 Å². The van der Waals surface area contributed by atoms with E-state index in [9.17, 15) is 4.79 Å². The highest BCUT2D eigenvalue weighted by molar-refractivity contribution is 7.98. The molecule has 104 valence electrons. The Bertz CT molecular complexity index is 641. The van der Waals surface area contributed by atoms with Gasteiger partial charge in [0.05, 0.1) is 11.2 Å². The van der Waals surface area contributed by atoms with Gasteiger partial charge in [-0.25, -0.2) is 9.97 Å². The molecule has 0 atom stereocenters. The zero-order valence-electron chi connectivity index (χ0n) is 11.4. The first-order valence-electron chi connectivity index (χ1n) is 5.96. The van der Waals surface area contributed by atoms with Crippen molar-refractivity contribution < 1.29 is 4.79 Å². The molecular formula is C14H14ClN3OS. The Morgan fingerprint density at radius 1 is 1.25 bits per heavy atom. The van der Waals surface area contributed by atoms with Crippen LogP contribution < -0.4 is 5.32 Å². The Labute approximate surface area is 127 Å². The summed E-state index contributed by atoms with van der Waals surface area (Å²) in [5.41, 5.74) is 3.08. The Hall–Kier alpha value is -1.59. The summed E-state index contributed by atoms with van der Waals surface area (Å²) >= 11 is 7.34. The molecule has 0 spiro atoms. The molecule has 0 bridgehead atoms. The van der Waals surface area contributed by atoms with Gasteiger partial charge in [0, 0.05) is 5.69 Å². The lowest BCUT2D eigenvalue weighted by Gasteiger charge is -2.08. The molecule has 0 aliphatic carbocycles. The molecule has 1 heterocycles. The van der Waals surface area contributed by atoms with Crippen LogP contribution in [0.15, 0.2) is 29.6 Å². The van der Waals surface area contributed by atoms with Gasteiger partial charge in [0.25, 0.3) is 5.91 Å². The topological polar surface area (TPSA) is 54.9 Å². The predicted octanol–water partition coefficient (Wildman–Crippen LogP) is 3.72. The summed E-state index contributed by atoms with van der Waals surface area (Å²) in [5, 5.41) is 3.56. The van der Waals surface area contributed by atoms with E-state index in [2.05, 4.69) is 15.3 Å². The number of benzene rings is 1. The van der Waals surface area contributed by atoms with Crippen molar-refractivity contribution in [1.82, 2.24) is 9.97 Å². The lowest BCUT2D eigenvalue weighted by atomic mass is 10.1. The molecule has 0 aliphatic rings. The van der Waals surface area contributed by atoms with E-state index < -0.39 is 0 Å². The lowest BCUT2D eigenvalue weighted by molar-refractivity contribution is 0.102. The molecular weight excluding hydrogens is 294 g/mol. The average molecular weight is 308 g/mol. The second kappa shape index (κ2) is 6.24. The smallest absolute Gasteiger partial charge is 0.275 e. The largest absolute Gasteiger partial charge is 0.321 e. The van der Waals surface area contributed by atoms with Crippen LogP contribution in [0.25, 0.3) is 0 Å². The van der Waals surface area contributed by atoms with E-state index in [0.717, 1.165) is 16.8 Å². The first-order valence-corrected chi connectivity index (χ1v) is 7.56. The summed E-state index contributed by atoms with van der Waals surface area (Å²) in [6.45, 7) is 3.96. The number of aryl methyl sites for hydroxylation is 2. The van der Waals surface area contributed by atoms with Crippen molar-refractivity contribution >= 4 is 35.0 Å². The number of aromatic nitrogens is 2. The maximum Gasteiger partial charge on any atom is 0.275 e. The number of rotatable bonds is 3. The Kier molecular flexibility index (Phi) is 4.62. The molecule has 6 heteroatoms. The van der Waals surface area contributed by atoms with Crippen LogP contribution in [0.4, 0.5) is 5.69 Å². The van der Waals surface area contributed by atoms with Gasteiger partial charge in [-0.05, 0) is 43.4 Å². The maximum atomic E-state index is 12.2. The normalized spacial score (nSPS) is 10.4. The molecule has 1 amide bonds. The molecule has 1 aromatic carbocycles. The van der Waals surface area contributed by atoms with E-state index in [-0.39, 0.29) is 16.6 Å². The van der Waals surface area contributed by atoms with Crippen molar-refractivity contribution in [3.05, 3.63) is 46.2 Å². The average Bonchev–Trinajstić information content (AvgIpc) is 2.37. The fraction of sp³-hybridized carbons (Fsp3) is 0.214. The van der Waals surface area contributed by atoms with Crippen molar-refractivity contribution in [1.29, 1.82) is 0 Å². The van der Waals surface area contributed by atoms with E-state index in [1.807, 2.05) is 38.3 Å². The standard InChI is InChI=1S/C14H14ClN3OS/c1-8-4-9(2)6-10(5-8)17-13(19)12-11(15)7-16-14(18-12)20-3/h4-7H,1-3H3,(H,17,19). The minimum Gasteiger partial charge on any atom is -0.321 e. The number of amides is 1. The number of nitrogens with zero attached hydrogens (tertiary/aromatic N) is 2. The molecule has 1 aromatic heterocycles. The van der Waals surface area contributed by atoms with Gasteiger partial charge in [-0.15, -0.1) is 0 Å². The molecule has 4 nitrogen and oxygen atoms in total. The lowest BCUT2D eigenvalue weighted by Crippen LogP contribution is -2.15. The van der Waals surface area contributed by atoms with E-state index in [1.54, 1.807) is 0 Å². The summed E-state index contributed by atoms with van der Waals surface area (Å²) in [6.07, 6.45) is 3.28. The van der Waals surface area contributed by atoms with E-state index in [1.165, 1.54) is 18.0 Å². The molecule has 0 saturated heterocycles. The van der Waals surface area contributed by atoms with Crippen molar-refractivity contribution in [2.45, 2.75) is 19.0 Å². The van der Waals surface area contributed by atoms with Gasteiger partial charge in [0.1, 0.15) is 0 Å². The van der Waals surface area contributed by atoms with E-state index in [0.29, 0.717) is 5.16 Å². The van der Waals surface area contributed by atoms with Crippen LogP contribution in [0.3, 0.4) is 0 Å². The van der Waals surface area contributed by atoms with Crippen LogP contribution in [0.2, 0.25) is 5.02 Å². The van der Waals surface area contributed by atoms with Gasteiger partial charge in [-0.2, -0.15) is 0 Å². The predicted molar refractivity (Wildman–Crippen MR) is 82.7 cm³/mol. The van der Waals surface area contributed by atoms with Gasteiger partial charge < -0.3 is 5.32 Å². The third kappa shape index (κ3) is 3.49. The summed E-state index contributed by atoms with van der Waals surface area (Å²) < 4.78 is 0. The maximum absolute atomic E-state index is 12.2. The highest BCUT2D eigenvalue weighted by Crippen LogP contribution is 2.19. The summed E-state index contributed by atoms with van der Waals surface area (Å²) in [7, 11) is 0. The Morgan fingerprint density at radius 3 is 2.50 bits per heavy atom. The van der Waals surface area contributed by atoms with Crippen LogP contribution in [0, 0.1) is 13.8 Å². The molecule has 0 fully saturated rings. The van der Waals surface area contributed by atoms with Crippen LogP contribution in [-0.4, -0.2) is 22.1 Å². The van der Waals surface area contributed by atoms with Gasteiger partial charge in [0.15, 0.2) is 10.9 Å². The number of anilines is 1. The monoisotopic (exact) mass is 307 g/mol. The summed E-state index contributed by atoms with van der Waals surface area (Å²) in [4.78, 5) is 20.4. The fourth-order valence-electron chi connectivity index (χ4n) is 1.85. The van der Waals surface area contributed by atoms with Gasteiger partial charge in [-0.1, -0.05) is 29.4 Å². The fourth-order valence-corrected chi connectivity index (χ4v) is 2.36. The molecule has 2 aromatic rings. The highest BCUT2D eigenvalue weighted by Gasteiger charge is 2.14. The van der Waals surface area contributed by atoms with Gasteiger partial charge >= 0.3 is 0 Å². The van der Waals surface area contributed by atoms with Crippen LogP contribution in [0.5, 0.6) is 0 Å². The number of halogens is 1. The van der Waals surface area contributed by atoms with E-state index in [4.69, 9.17) is 11.6 Å². The number of nitrogens with one attached hydrogen (secondary N) is 1.